The molecule has 1 fully saturated rings. The van der Waals surface area contributed by atoms with E-state index in [1.54, 1.807) is 7.11 Å². The van der Waals surface area contributed by atoms with Crippen molar-refractivity contribution < 1.29 is 13.9 Å². The second-order valence-corrected chi connectivity index (χ2v) is 9.59. The minimum Gasteiger partial charge on any atom is -0.497 e. The van der Waals surface area contributed by atoms with E-state index in [9.17, 15) is 9.18 Å². The Morgan fingerprint density at radius 1 is 1.18 bits per heavy atom. The monoisotopic (exact) mass is 468 g/mol. The molecule has 1 saturated carbocycles. The van der Waals surface area contributed by atoms with Gasteiger partial charge in [0.2, 0.25) is 0 Å². The van der Waals surface area contributed by atoms with Gasteiger partial charge in [-0.25, -0.2) is 4.39 Å². The second kappa shape index (κ2) is 10.8. The SMILES string of the molecule is COc1cccc(NCc2nnc(SC(C)C(=O)c3ccc(F)cc3)n2C2CCCCC2)c1. The molecular weight excluding hydrogens is 439 g/mol. The van der Waals surface area contributed by atoms with Gasteiger partial charge < -0.3 is 14.6 Å². The molecule has 0 radical (unpaired) electrons. The highest BCUT2D eigenvalue weighted by molar-refractivity contribution is 8.00. The Balaban J connectivity index is 1.53. The number of ether oxygens (including phenoxy) is 1. The quantitative estimate of drug-likeness (QED) is 0.311. The van der Waals surface area contributed by atoms with Crippen molar-refractivity contribution in [1.29, 1.82) is 0 Å². The zero-order chi connectivity index (χ0) is 23.2. The van der Waals surface area contributed by atoms with Crippen molar-refractivity contribution in [2.24, 2.45) is 0 Å². The van der Waals surface area contributed by atoms with Gasteiger partial charge in [-0.1, -0.05) is 37.1 Å². The number of nitrogens with one attached hydrogen (secondary N) is 1. The molecule has 3 aromatic rings. The molecule has 6 nitrogen and oxygen atoms in total. The van der Waals surface area contributed by atoms with Gasteiger partial charge in [-0.2, -0.15) is 0 Å². The first-order valence-corrected chi connectivity index (χ1v) is 12.2. The molecule has 8 heteroatoms. The molecule has 2 aromatic carbocycles. The van der Waals surface area contributed by atoms with E-state index in [0.29, 0.717) is 18.2 Å². The third-order valence-electron chi connectivity index (χ3n) is 5.98. The van der Waals surface area contributed by atoms with Crippen LogP contribution in [0, 0.1) is 5.82 Å². The van der Waals surface area contributed by atoms with E-state index < -0.39 is 0 Å². The lowest BCUT2D eigenvalue weighted by atomic mass is 9.95. The first-order chi connectivity index (χ1) is 16.0. The lowest BCUT2D eigenvalue weighted by molar-refractivity contribution is 0.0993. The molecule has 0 aliphatic heterocycles. The van der Waals surface area contributed by atoms with E-state index >= 15 is 0 Å². The highest BCUT2D eigenvalue weighted by atomic mass is 32.2. The van der Waals surface area contributed by atoms with Crippen molar-refractivity contribution in [3.63, 3.8) is 0 Å². The molecule has 1 atom stereocenters. The molecule has 1 aliphatic carbocycles. The number of methoxy groups -OCH3 is 1. The number of hydrogen-bond donors (Lipinski definition) is 1. The Hall–Kier alpha value is -2.87. The zero-order valence-corrected chi connectivity index (χ0v) is 19.8. The van der Waals surface area contributed by atoms with Gasteiger partial charge in [0.15, 0.2) is 16.8 Å². The maximum Gasteiger partial charge on any atom is 0.192 e. The average molecular weight is 469 g/mol. The summed E-state index contributed by atoms with van der Waals surface area (Å²) in [5.74, 6) is 1.25. The molecule has 0 amide bonds. The van der Waals surface area contributed by atoms with Gasteiger partial charge >= 0.3 is 0 Å². The van der Waals surface area contributed by atoms with Crippen molar-refractivity contribution in [2.75, 3.05) is 12.4 Å². The summed E-state index contributed by atoms with van der Waals surface area (Å²) in [6, 6.07) is 13.8. The number of aromatic nitrogens is 3. The summed E-state index contributed by atoms with van der Waals surface area (Å²) >= 11 is 1.42. The number of thioether (sulfide) groups is 1. The van der Waals surface area contributed by atoms with Crippen molar-refractivity contribution in [3.8, 4) is 5.75 Å². The predicted octanol–water partition coefficient (Wildman–Crippen LogP) is 5.91. The summed E-state index contributed by atoms with van der Waals surface area (Å²) in [5.41, 5.74) is 1.45. The Morgan fingerprint density at radius 2 is 1.94 bits per heavy atom. The van der Waals surface area contributed by atoms with Gasteiger partial charge in [0.25, 0.3) is 0 Å². The van der Waals surface area contributed by atoms with Crippen molar-refractivity contribution in [2.45, 2.75) is 62.0 Å². The van der Waals surface area contributed by atoms with E-state index in [-0.39, 0.29) is 16.9 Å². The lowest BCUT2D eigenvalue weighted by Crippen LogP contribution is -2.20. The fourth-order valence-electron chi connectivity index (χ4n) is 4.19. The van der Waals surface area contributed by atoms with Crippen LogP contribution in [0.5, 0.6) is 5.75 Å². The number of benzene rings is 2. The largest absolute Gasteiger partial charge is 0.497 e. The number of carbonyl (C=O) groups excluding carboxylic acids is 1. The molecule has 1 aliphatic rings. The molecule has 33 heavy (non-hydrogen) atoms. The number of nitrogens with zero attached hydrogens (tertiary/aromatic N) is 3. The van der Waals surface area contributed by atoms with E-state index in [2.05, 4.69) is 20.1 Å². The summed E-state index contributed by atoms with van der Waals surface area (Å²) in [4.78, 5) is 12.9. The molecular formula is C25H29FN4O2S. The highest BCUT2D eigenvalue weighted by Crippen LogP contribution is 2.34. The molecule has 1 aromatic heterocycles. The topological polar surface area (TPSA) is 69.0 Å². The van der Waals surface area contributed by atoms with Crippen LogP contribution in [0.15, 0.2) is 53.7 Å². The molecule has 1 N–H and O–H groups in total. The molecule has 174 valence electrons. The van der Waals surface area contributed by atoms with E-state index in [0.717, 1.165) is 35.3 Å². The molecule has 0 saturated heterocycles. The maximum absolute atomic E-state index is 13.2. The van der Waals surface area contributed by atoms with Crippen LogP contribution in [0.2, 0.25) is 0 Å². The third kappa shape index (κ3) is 5.74. The fourth-order valence-corrected chi connectivity index (χ4v) is 5.20. The van der Waals surface area contributed by atoms with Gasteiger partial charge in [-0.15, -0.1) is 10.2 Å². The first kappa shape index (κ1) is 23.3. The summed E-state index contributed by atoms with van der Waals surface area (Å²) in [6.07, 6.45) is 5.77. The van der Waals surface area contributed by atoms with Gasteiger partial charge in [-0.3, -0.25) is 4.79 Å². The lowest BCUT2D eigenvalue weighted by Gasteiger charge is -2.26. The van der Waals surface area contributed by atoms with Gasteiger partial charge in [-0.05, 0) is 56.2 Å². The Bertz CT molecular complexity index is 1080. The smallest absolute Gasteiger partial charge is 0.192 e. The van der Waals surface area contributed by atoms with Crippen LogP contribution < -0.4 is 10.1 Å². The summed E-state index contributed by atoms with van der Waals surface area (Å²) in [7, 11) is 1.65. The standard InChI is InChI=1S/C25H29FN4O2S/c1-17(24(31)18-11-13-19(26)14-12-18)33-25-29-28-23(30(25)21-8-4-3-5-9-21)16-27-20-7-6-10-22(15-20)32-2/h6-7,10-15,17,21,27H,3-5,8-9,16H2,1-2H3. The Kier molecular flexibility index (Phi) is 7.65. The van der Waals surface area contributed by atoms with Crippen molar-refractivity contribution >= 4 is 23.2 Å². The van der Waals surface area contributed by atoms with Crippen LogP contribution in [-0.4, -0.2) is 32.9 Å². The normalized spacial score (nSPS) is 15.2. The zero-order valence-electron chi connectivity index (χ0n) is 19.0. The molecule has 4 rings (SSSR count). The van der Waals surface area contributed by atoms with Crippen molar-refractivity contribution in [3.05, 3.63) is 65.7 Å². The number of carbonyl (C=O) groups is 1. The molecule has 0 spiro atoms. The minimum absolute atomic E-state index is 0.0470. The maximum atomic E-state index is 13.2. The van der Waals surface area contributed by atoms with E-state index in [4.69, 9.17) is 4.74 Å². The van der Waals surface area contributed by atoms with E-state index in [1.165, 1.54) is 55.3 Å². The first-order valence-electron chi connectivity index (χ1n) is 11.3. The Labute approximate surface area is 197 Å². The van der Waals surface area contributed by atoms with Crippen LogP contribution >= 0.6 is 11.8 Å². The summed E-state index contributed by atoms with van der Waals surface area (Å²) in [5, 5.41) is 12.8. The number of hydrogen-bond acceptors (Lipinski definition) is 6. The van der Waals surface area contributed by atoms with Gasteiger partial charge in [0.1, 0.15) is 11.6 Å². The van der Waals surface area contributed by atoms with Crippen molar-refractivity contribution in [1.82, 2.24) is 14.8 Å². The summed E-state index contributed by atoms with van der Waals surface area (Å²) in [6.45, 7) is 2.39. The van der Waals surface area contributed by atoms with Crippen LogP contribution in [0.4, 0.5) is 10.1 Å². The second-order valence-electron chi connectivity index (χ2n) is 8.28. The molecule has 1 unspecified atom stereocenters. The highest BCUT2D eigenvalue weighted by Gasteiger charge is 2.26. The van der Waals surface area contributed by atoms with Gasteiger partial charge in [0.05, 0.1) is 18.9 Å². The fraction of sp³-hybridized carbons (Fsp3) is 0.400. The molecule has 1 heterocycles. The van der Waals surface area contributed by atoms with E-state index in [1.807, 2.05) is 31.2 Å². The predicted molar refractivity (Wildman–Crippen MR) is 129 cm³/mol. The minimum atomic E-state index is -0.360. The average Bonchev–Trinajstić information content (AvgIpc) is 3.25. The number of halogens is 1. The number of Topliss-reactive ketones (excluding diaryl/α,β-unsaturated/α-hetero) is 1. The van der Waals surface area contributed by atoms with Gasteiger partial charge in [0, 0.05) is 23.4 Å². The number of rotatable bonds is 9. The Morgan fingerprint density at radius 3 is 2.67 bits per heavy atom. The summed E-state index contributed by atoms with van der Waals surface area (Å²) < 4.78 is 20.8. The third-order valence-corrected chi connectivity index (χ3v) is 7.03. The number of ketones is 1. The van der Waals surface area contributed by atoms with Crippen LogP contribution in [-0.2, 0) is 6.54 Å². The number of anilines is 1. The molecule has 0 bridgehead atoms. The van der Waals surface area contributed by atoms with Crippen LogP contribution in [0.25, 0.3) is 0 Å². The van der Waals surface area contributed by atoms with Crippen LogP contribution in [0.1, 0.15) is 61.3 Å². The van der Waals surface area contributed by atoms with Crippen LogP contribution in [0.3, 0.4) is 0 Å².